The van der Waals surface area contributed by atoms with Gasteiger partial charge in [0.25, 0.3) is 0 Å². The topological polar surface area (TPSA) is 66.6 Å². The molecule has 1 heterocycles. The fraction of sp³-hybridized carbons (Fsp3) is 0.889. The van der Waals surface area contributed by atoms with E-state index in [4.69, 9.17) is 10.8 Å². The van der Waals surface area contributed by atoms with Gasteiger partial charge in [0, 0.05) is 19.7 Å². The molecule has 1 aliphatic heterocycles. The predicted octanol–water partition coefficient (Wildman–Crippen LogP) is -0.434. The van der Waals surface area contributed by atoms with E-state index in [0.717, 1.165) is 32.4 Å². The Morgan fingerprint density at radius 2 is 2.23 bits per heavy atom. The number of hydrogen-bond acceptors (Lipinski definition) is 3. The zero-order chi connectivity index (χ0) is 9.68. The first-order valence-corrected chi connectivity index (χ1v) is 4.86. The SMILES string of the molecule is NCC(=O)N1CCCC(CO)CC1. The van der Waals surface area contributed by atoms with Gasteiger partial charge in [-0.3, -0.25) is 4.79 Å². The first-order chi connectivity index (χ1) is 6.27. The zero-order valence-corrected chi connectivity index (χ0v) is 7.91. The lowest BCUT2D eigenvalue weighted by Gasteiger charge is -2.19. The monoisotopic (exact) mass is 186 g/mol. The van der Waals surface area contributed by atoms with Crippen LogP contribution in [0.15, 0.2) is 0 Å². The third kappa shape index (κ3) is 2.97. The third-order valence-electron chi connectivity index (χ3n) is 2.63. The average molecular weight is 186 g/mol. The molecule has 0 aromatic carbocycles. The molecule has 0 spiro atoms. The molecule has 4 nitrogen and oxygen atoms in total. The molecule has 0 aromatic heterocycles. The van der Waals surface area contributed by atoms with Gasteiger partial charge >= 0.3 is 0 Å². The van der Waals surface area contributed by atoms with Crippen molar-refractivity contribution >= 4 is 5.91 Å². The van der Waals surface area contributed by atoms with E-state index in [9.17, 15) is 4.79 Å². The van der Waals surface area contributed by atoms with Crippen LogP contribution >= 0.6 is 0 Å². The van der Waals surface area contributed by atoms with E-state index in [2.05, 4.69) is 0 Å². The minimum Gasteiger partial charge on any atom is -0.396 e. The minimum absolute atomic E-state index is 0.0265. The van der Waals surface area contributed by atoms with Crippen LogP contribution in [0.5, 0.6) is 0 Å². The molecule has 4 heteroatoms. The first-order valence-electron chi connectivity index (χ1n) is 4.86. The van der Waals surface area contributed by atoms with E-state index in [0.29, 0.717) is 5.92 Å². The van der Waals surface area contributed by atoms with Crippen molar-refractivity contribution in [2.45, 2.75) is 19.3 Å². The van der Waals surface area contributed by atoms with E-state index in [1.807, 2.05) is 0 Å². The second-order valence-corrected chi connectivity index (χ2v) is 3.56. The van der Waals surface area contributed by atoms with Gasteiger partial charge in [-0.05, 0) is 25.2 Å². The number of nitrogens with two attached hydrogens (primary N) is 1. The smallest absolute Gasteiger partial charge is 0.236 e. The lowest BCUT2D eigenvalue weighted by atomic mass is 10.0. The molecule has 1 rings (SSSR count). The fourth-order valence-corrected chi connectivity index (χ4v) is 1.73. The molecule has 0 radical (unpaired) electrons. The van der Waals surface area contributed by atoms with E-state index >= 15 is 0 Å². The molecule has 0 saturated carbocycles. The van der Waals surface area contributed by atoms with Gasteiger partial charge < -0.3 is 15.7 Å². The normalized spacial score (nSPS) is 24.2. The molecule has 13 heavy (non-hydrogen) atoms. The summed E-state index contributed by atoms with van der Waals surface area (Å²) in [6.45, 7) is 1.89. The van der Waals surface area contributed by atoms with Crippen LogP contribution in [0.25, 0.3) is 0 Å². The third-order valence-corrected chi connectivity index (χ3v) is 2.63. The highest BCUT2D eigenvalue weighted by Crippen LogP contribution is 2.16. The van der Waals surface area contributed by atoms with Gasteiger partial charge in [0.15, 0.2) is 0 Å². The van der Waals surface area contributed by atoms with Crippen molar-refractivity contribution in [2.75, 3.05) is 26.2 Å². The Morgan fingerprint density at radius 1 is 1.46 bits per heavy atom. The lowest BCUT2D eigenvalue weighted by Crippen LogP contribution is -2.36. The van der Waals surface area contributed by atoms with Crippen molar-refractivity contribution in [1.82, 2.24) is 4.90 Å². The van der Waals surface area contributed by atoms with E-state index in [1.54, 1.807) is 4.90 Å². The summed E-state index contributed by atoms with van der Waals surface area (Å²) in [6.07, 6.45) is 2.91. The van der Waals surface area contributed by atoms with Crippen LogP contribution < -0.4 is 5.73 Å². The number of likely N-dealkylation sites (tertiary alicyclic amines) is 1. The second-order valence-electron chi connectivity index (χ2n) is 3.56. The summed E-state index contributed by atoms with van der Waals surface area (Å²) >= 11 is 0. The Balaban J connectivity index is 2.40. The number of aliphatic hydroxyl groups excluding tert-OH is 1. The maximum atomic E-state index is 11.3. The van der Waals surface area contributed by atoms with Crippen molar-refractivity contribution < 1.29 is 9.90 Å². The minimum atomic E-state index is 0.0265. The number of amides is 1. The van der Waals surface area contributed by atoms with E-state index in [-0.39, 0.29) is 19.1 Å². The van der Waals surface area contributed by atoms with Crippen molar-refractivity contribution in [3.8, 4) is 0 Å². The van der Waals surface area contributed by atoms with Crippen LogP contribution in [0, 0.1) is 5.92 Å². The Morgan fingerprint density at radius 3 is 2.85 bits per heavy atom. The van der Waals surface area contributed by atoms with E-state index < -0.39 is 0 Å². The van der Waals surface area contributed by atoms with Gasteiger partial charge in [-0.2, -0.15) is 0 Å². The van der Waals surface area contributed by atoms with Crippen LogP contribution in [0.1, 0.15) is 19.3 Å². The van der Waals surface area contributed by atoms with Crippen molar-refractivity contribution in [1.29, 1.82) is 0 Å². The molecule has 1 fully saturated rings. The van der Waals surface area contributed by atoms with Gasteiger partial charge in [0.05, 0.1) is 6.54 Å². The quantitative estimate of drug-likeness (QED) is 0.614. The zero-order valence-electron chi connectivity index (χ0n) is 7.91. The van der Waals surface area contributed by atoms with Gasteiger partial charge in [-0.25, -0.2) is 0 Å². The number of rotatable bonds is 2. The maximum Gasteiger partial charge on any atom is 0.236 e. The largest absolute Gasteiger partial charge is 0.396 e. The molecule has 76 valence electrons. The summed E-state index contributed by atoms with van der Waals surface area (Å²) in [6, 6.07) is 0. The number of nitrogens with zero attached hydrogens (tertiary/aromatic N) is 1. The predicted molar refractivity (Wildman–Crippen MR) is 50.1 cm³/mol. The Labute approximate surface area is 78.7 Å². The van der Waals surface area contributed by atoms with Crippen LogP contribution in [-0.4, -0.2) is 42.2 Å². The summed E-state index contributed by atoms with van der Waals surface area (Å²) in [7, 11) is 0. The number of aliphatic hydroxyl groups is 1. The summed E-state index contributed by atoms with van der Waals surface area (Å²) in [4.78, 5) is 13.1. The number of carbonyl (C=O) groups excluding carboxylic acids is 1. The van der Waals surface area contributed by atoms with Crippen molar-refractivity contribution in [2.24, 2.45) is 11.7 Å². The van der Waals surface area contributed by atoms with Crippen molar-refractivity contribution in [3.05, 3.63) is 0 Å². The first kappa shape index (κ1) is 10.5. The highest BCUT2D eigenvalue weighted by Gasteiger charge is 2.18. The Bertz CT molecular complexity index is 173. The summed E-state index contributed by atoms with van der Waals surface area (Å²) in [5.41, 5.74) is 5.28. The fourth-order valence-electron chi connectivity index (χ4n) is 1.73. The molecular weight excluding hydrogens is 168 g/mol. The molecular formula is C9H18N2O2. The van der Waals surface area contributed by atoms with Crippen molar-refractivity contribution in [3.63, 3.8) is 0 Å². The van der Waals surface area contributed by atoms with E-state index in [1.165, 1.54) is 0 Å². The summed E-state index contributed by atoms with van der Waals surface area (Å²) in [5, 5.41) is 8.97. The Hall–Kier alpha value is -0.610. The molecule has 1 aliphatic rings. The molecule has 1 saturated heterocycles. The standard InChI is InChI=1S/C9H18N2O2/c10-6-9(13)11-4-1-2-8(7-12)3-5-11/h8,12H,1-7,10H2. The van der Waals surface area contributed by atoms with Gasteiger partial charge in [0.2, 0.25) is 5.91 Å². The molecule has 0 aliphatic carbocycles. The Kier molecular flexibility index (Phi) is 4.18. The van der Waals surface area contributed by atoms with Crippen LogP contribution in [0.3, 0.4) is 0 Å². The molecule has 0 aromatic rings. The molecule has 1 atom stereocenters. The second kappa shape index (κ2) is 5.19. The van der Waals surface area contributed by atoms with Gasteiger partial charge in [-0.1, -0.05) is 0 Å². The molecule has 3 N–H and O–H groups in total. The molecule has 0 bridgehead atoms. The number of carbonyl (C=O) groups is 1. The van der Waals surface area contributed by atoms with Crippen LogP contribution in [0.2, 0.25) is 0 Å². The lowest BCUT2D eigenvalue weighted by molar-refractivity contribution is -0.129. The molecule has 1 unspecified atom stereocenters. The van der Waals surface area contributed by atoms with Crippen LogP contribution in [0.4, 0.5) is 0 Å². The van der Waals surface area contributed by atoms with Gasteiger partial charge in [-0.15, -0.1) is 0 Å². The number of hydrogen-bond donors (Lipinski definition) is 2. The highest BCUT2D eigenvalue weighted by molar-refractivity contribution is 5.77. The average Bonchev–Trinajstić information content (AvgIpc) is 2.41. The summed E-state index contributed by atoms with van der Waals surface area (Å²) in [5.74, 6) is 0.397. The summed E-state index contributed by atoms with van der Waals surface area (Å²) < 4.78 is 0. The van der Waals surface area contributed by atoms with Gasteiger partial charge in [0.1, 0.15) is 0 Å². The molecule has 1 amide bonds. The highest BCUT2D eigenvalue weighted by atomic mass is 16.3. The maximum absolute atomic E-state index is 11.3. The van der Waals surface area contributed by atoms with Crippen LogP contribution in [-0.2, 0) is 4.79 Å².